The predicted molar refractivity (Wildman–Crippen MR) is 78.1 cm³/mol. The molecule has 1 aromatic rings. The highest BCUT2D eigenvalue weighted by molar-refractivity contribution is 6.30. The highest BCUT2D eigenvalue weighted by Crippen LogP contribution is 2.21. The molecule has 0 spiro atoms. The van der Waals surface area contributed by atoms with Crippen molar-refractivity contribution in [2.75, 3.05) is 13.1 Å². The molecule has 0 aliphatic heterocycles. The summed E-state index contributed by atoms with van der Waals surface area (Å²) in [7, 11) is 0. The molecule has 1 rings (SSSR count). The summed E-state index contributed by atoms with van der Waals surface area (Å²) < 4.78 is 13.3. The summed E-state index contributed by atoms with van der Waals surface area (Å²) in [4.78, 5) is 0. The third-order valence-corrected chi connectivity index (χ3v) is 3.27. The number of rotatable bonds is 7. The summed E-state index contributed by atoms with van der Waals surface area (Å²) in [5.74, 6) is 0.156. The van der Waals surface area contributed by atoms with Crippen LogP contribution in [0.1, 0.15) is 32.8 Å². The van der Waals surface area contributed by atoms with Gasteiger partial charge in [-0.15, -0.1) is 0 Å². The molecular formula is C15H23ClFNO. The molecule has 4 heteroatoms. The van der Waals surface area contributed by atoms with Gasteiger partial charge in [-0.2, -0.15) is 0 Å². The lowest BCUT2D eigenvalue weighted by Crippen LogP contribution is -2.33. The average molecular weight is 288 g/mol. The summed E-state index contributed by atoms with van der Waals surface area (Å²) in [6.45, 7) is 7.74. The van der Waals surface area contributed by atoms with Crippen LogP contribution in [-0.2, 0) is 6.42 Å². The zero-order valence-electron chi connectivity index (χ0n) is 11.8. The van der Waals surface area contributed by atoms with E-state index in [2.05, 4.69) is 19.2 Å². The molecule has 0 aliphatic rings. The molecule has 0 saturated carbocycles. The van der Waals surface area contributed by atoms with E-state index in [9.17, 15) is 9.50 Å². The van der Waals surface area contributed by atoms with Crippen LogP contribution in [0.15, 0.2) is 18.2 Å². The highest BCUT2D eigenvalue weighted by atomic mass is 35.5. The Morgan fingerprint density at radius 2 is 2.11 bits per heavy atom. The number of hydrogen-bond donors (Lipinski definition) is 2. The van der Waals surface area contributed by atoms with Crippen molar-refractivity contribution in [3.05, 3.63) is 34.6 Å². The first kappa shape index (κ1) is 16.4. The third-order valence-electron chi connectivity index (χ3n) is 2.96. The standard InChI is InChI=1S/C15H23ClFNO/c1-11(2)10-18-7-6-15(3,19)9-12-4-5-13(16)14(17)8-12/h4-5,8,11,18-19H,6-7,9-10H2,1-3H3. The molecule has 0 aromatic heterocycles. The van der Waals surface area contributed by atoms with E-state index in [0.717, 1.165) is 18.7 Å². The zero-order valence-corrected chi connectivity index (χ0v) is 12.6. The fourth-order valence-electron chi connectivity index (χ4n) is 1.93. The molecule has 2 nitrogen and oxygen atoms in total. The minimum absolute atomic E-state index is 0.113. The van der Waals surface area contributed by atoms with Crippen LogP contribution in [0.3, 0.4) is 0 Å². The Morgan fingerprint density at radius 1 is 1.42 bits per heavy atom. The summed E-state index contributed by atoms with van der Waals surface area (Å²) >= 11 is 5.64. The molecule has 1 aromatic carbocycles. The second kappa shape index (κ2) is 7.22. The number of benzene rings is 1. The van der Waals surface area contributed by atoms with Gasteiger partial charge in [-0.25, -0.2) is 4.39 Å². The average Bonchev–Trinajstić information content (AvgIpc) is 2.29. The van der Waals surface area contributed by atoms with Crippen LogP contribution in [0.5, 0.6) is 0 Å². The van der Waals surface area contributed by atoms with Crippen LogP contribution < -0.4 is 5.32 Å². The number of halogens is 2. The van der Waals surface area contributed by atoms with Gasteiger partial charge in [0.15, 0.2) is 0 Å². The maximum atomic E-state index is 13.3. The first-order chi connectivity index (χ1) is 8.80. The van der Waals surface area contributed by atoms with E-state index < -0.39 is 11.4 Å². The Labute approximate surface area is 120 Å². The van der Waals surface area contributed by atoms with E-state index in [4.69, 9.17) is 11.6 Å². The molecule has 19 heavy (non-hydrogen) atoms. The van der Waals surface area contributed by atoms with Crippen LogP contribution in [0.25, 0.3) is 0 Å². The molecule has 0 saturated heterocycles. The summed E-state index contributed by atoms with van der Waals surface area (Å²) in [5, 5.41) is 13.7. The molecule has 0 bridgehead atoms. The molecule has 1 unspecified atom stereocenters. The lowest BCUT2D eigenvalue weighted by molar-refractivity contribution is 0.0513. The lowest BCUT2D eigenvalue weighted by Gasteiger charge is -2.24. The third kappa shape index (κ3) is 6.37. The Hall–Kier alpha value is -0.640. The SMILES string of the molecule is CC(C)CNCCC(C)(O)Cc1ccc(Cl)c(F)c1. The van der Waals surface area contributed by atoms with Gasteiger partial charge in [0.1, 0.15) is 5.82 Å². The van der Waals surface area contributed by atoms with Gasteiger partial charge in [0, 0.05) is 6.42 Å². The first-order valence-electron chi connectivity index (χ1n) is 6.67. The maximum Gasteiger partial charge on any atom is 0.142 e. The van der Waals surface area contributed by atoms with E-state index >= 15 is 0 Å². The second-order valence-corrected chi connectivity index (χ2v) is 6.18. The Kier molecular flexibility index (Phi) is 6.24. The van der Waals surface area contributed by atoms with Gasteiger partial charge in [0.2, 0.25) is 0 Å². The normalized spacial score (nSPS) is 14.7. The molecule has 0 fully saturated rings. The summed E-state index contributed by atoms with van der Waals surface area (Å²) in [6, 6.07) is 4.67. The minimum Gasteiger partial charge on any atom is -0.390 e. The van der Waals surface area contributed by atoms with Crippen molar-refractivity contribution in [3.63, 3.8) is 0 Å². The highest BCUT2D eigenvalue weighted by Gasteiger charge is 2.21. The van der Waals surface area contributed by atoms with Crippen LogP contribution in [0, 0.1) is 11.7 Å². The van der Waals surface area contributed by atoms with Gasteiger partial charge in [0.05, 0.1) is 10.6 Å². The lowest BCUT2D eigenvalue weighted by atomic mass is 9.93. The van der Waals surface area contributed by atoms with Crippen LogP contribution >= 0.6 is 11.6 Å². The van der Waals surface area contributed by atoms with Gasteiger partial charge in [0.25, 0.3) is 0 Å². The van der Waals surface area contributed by atoms with Crippen molar-refractivity contribution < 1.29 is 9.50 Å². The molecule has 0 amide bonds. The van der Waals surface area contributed by atoms with E-state index in [1.54, 1.807) is 13.0 Å². The maximum absolute atomic E-state index is 13.3. The second-order valence-electron chi connectivity index (χ2n) is 5.77. The van der Waals surface area contributed by atoms with Crippen molar-refractivity contribution in [3.8, 4) is 0 Å². The zero-order chi connectivity index (χ0) is 14.5. The van der Waals surface area contributed by atoms with Crippen LogP contribution in [-0.4, -0.2) is 23.8 Å². The topological polar surface area (TPSA) is 32.3 Å². The molecule has 2 N–H and O–H groups in total. The van der Waals surface area contributed by atoms with Gasteiger partial charge in [-0.05, 0) is 50.0 Å². The van der Waals surface area contributed by atoms with E-state index in [1.807, 2.05) is 0 Å². The smallest absolute Gasteiger partial charge is 0.142 e. The van der Waals surface area contributed by atoms with Crippen molar-refractivity contribution >= 4 is 11.6 Å². The van der Waals surface area contributed by atoms with Crippen molar-refractivity contribution in [2.24, 2.45) is 5.92 Å². The fourth-order valence-corrected chi connectivity index (χ4v) is 2.04. The molecule has 0 radical (unpaired) electrons. The van der Waals surface area contributed by atoms with Gasteiger partial charge < -0.3 is 10.4 Å². The van der Waals surface area contributed by atoms with Crippen LogP contribution in [0.4, 0.5) is 4.39 Å². The minimum atomic E-state index is -0.843. The van der Waals surface area contributed by atoms with Crippen LogP contribution in [0.2, 0.25) is 5.02 Å². The Bertz CT molecular complexity index is 407. The van der Waals surface area contributed by atoms with E-state index in [1.165, 1.54) is 12.1 Å². The summed E-state index contributed by atoms with van der Waals surface area (Å²) in [6.07, 6.45) is 1.05. The monoisotopic (exact) mass is 287 g/mol. The first-order valence-corrected chi connectivity index (χ1v) is 7.05. The Morgan fingerprint density at radius 3 is 2.68 bits per heavy atom. The van der Waals surface area contributed by atoms with Crippen molar-refractivity contribution in [1.82, 2.24) is 5.32 Å². The van der Waals surface area contributed by atoms with Gasteiger partial charge >= 0.3 is 0 Å². The number of aliphatic hydroxyl groups is 1. The number of nitrogens with one attached hydrogen (secondary N) is 1. The van der Waals surface area contributed by atoms with E-state index in [-0.39, 0.29) is 5.02 Å². The largest absolute Gasteiger partial charge is 0.390 e. The van der Waals surface area contributed by atoms with Gasteiger partial charge in [-0.1, -0.05) is 31.5 Å². The molecule has 0 heterocycles. The van der Waals surface area contributed by atoms with Crippen molar-refractivity contribution in [2.45, 2.75) is 39.2 Å². The van der Waals surface area contributed by atoms with E-state index in [0.29, 0.717) is 18.8 Å². The number of hydrogen-bond acceptors (Lipinski definition) is 2. The quantitative estimate of drug-likeness (QED) is 0.753. The molecule has 108 valence electrons. The molecule has 1 atom stereocenters. The van der Waals surface area contributed by atoms with Crippen molar-refractivity contribution in [1.29, 1.82) is 0 Å². The van der Waals surface area contributed by atoms with Gasteiger partial charge in [-0.3, -0.25) is 0 Å². The fraction of sp³-hybridized carbons (Fsp3) is 0.600. The summed E-state index contributed by atoms with van der Waals surface area (Å²) in [5.41, 5.74) is -0.0830. The Balaban J connectivity index is 2.46. The predicted octanol–water partition coefficient (Wildman–Crippen LogP) is 3.41. The molecule has 0 aliphatic carbocycles. The molecular weight excluding hydrogens is 265 g/mol.